The minimum atomic E-state index is -0.535. The van der Waals surface area contributed by atoms with E-state index < -0.39 is 18.3 Å². The maximum absolute atomic E-state index is 9.80. The van der Waals surface area contributed by atoms with Gasteiger partial charge in [0, 0.05) is 0 Å². The molecule has 1 aromatic carbocycles. The average Bonchev–Trinajstić information content (AvgIpc) is 2.67. The second-order valence-electron chi connectivity index (χ2n) is 7.14. The van der Waals surface area contributed by atoms with Crippen LogP contribution in [0.5, 0.6) is 5.75 Å². The van der Waals surface area contributed by atoms with Crippen molar-refractivity contribution >= 4 is 13.2 Å². The summed E-state index contributed by atoms with van der Waals surface area (Å²) in [4.78, 5) is 0. The van der Waals surface area contributed by atoms with Gasteiger partial charge in [-0.1, -0.05) is 6.08 Å². The topological polar surface area (TPSA) is 47.9 Å². The maximum Gasteiger partial charge on any atom is 0.492 e. The number of benzene rings is 1. The zero-order valence-corrected chi connectivity index (χ0v) is 15.2. The molecular weight excluding hydrogens is 291 g/mol. The molecule has 1 aliphatic rings. The molecule has 1 saturated heterocycles. The third-order valence-corrected chi connectivity index (χ3v) is 4.86. The summed E-state index contributed by atoms with van der Waals surface area (Å²) >= 11 is 0. The Morgan fingerprint density at radius 1 is 1.13 bits per heavy atom. The summed E-state index contributed by atoms with van der Waals surface area (Å²) in [5.74, 6) is 0.862. The summed E-state index contributed by atoms with van der Waals surface area (Å²) in [6.45, 7) is 11.9. The highest BCUT2D eigenvalue weighted by atomic mass is 16.7. The van der Waals surface area contributed by atoms with Gasteiger partial charge in [0.1, 0.15) is 5.75 Å². The first-order valence-electron chi connectivity index (χ1n) is 7.93. The molecular formula is C18H27BO4. The summed E-state index contributed by atoms with van der Waals surface area (Å²) in [5, 5.41) is 9.80. The summed E-state index contributed by atoms with van der Waals surface area (Å²) < 4.78 is 17.4. The van der Waals surface area contributed by atoms with Gasteiger partial charge in [0.25, 0.3) is 0 Å². The predicted octanol–water partition coefficient (Wildman–Crippen LogP) is 3.32. The van der Waals surface area contributed by atoms with Crippen LogP contribution in [0.2, 0.25) is 0 Å². The van der Waals surface area contributed by atoms with Gasteiger partial charge in [-0.2, -0.15) is 0 Å². The van der Waals surface area contributed by atoms with Crippen LogP contribution in [0, 0.1) is 13.8 Å². The lowest BCUT2D eigenvalue weighted by Crippen LogP contribution is -2.41. The van der Waals surface area contributed by atoms with E-state index in [9.17, 15) is 5.11 Å². The van der Waals surface area contributed by atoms with Crippen molar-refractivity contribution in [2.45, 2.75) is 52.7 Å². The molecule has 0 saturated carbocycles. The molecule has 0 amide bonds. The average molecular weight is 318 g/mol. The van der Waals surface area contributed by atoms with Gasteiger partial charge in [-0.05, 0) is 75.8 Å². The van der Waals surface area contributed by atoms with E-state index >= 15 is 0 Å². The number of hydrogen-bond donors (Lipinski definition) is 1. The van der Waals surface area contributed by atoms with E-state index in [1.54, 1.807) is 7.11 Å². The third kappa shape index (κ3) is 3.47. The lowest BCUT2D eigenvalue weighted by atomic mass is 9.77. The molecule has 0 bridgehead atoms. The van der Waals surface area contributed by atoms with E-state index in [1.807, 2.05) is 53.7 Å². The van der Waals surface area contributed by atoms with Gasteiger partial charge in [-0.15, -0.1) is 0 Å². The SMILES string of the molecule is COc1cc(C)c(C=C(CO)B2OC(C)(C)C(C)(C)O2)cc1C. The van der Waals surface area contributed by atoms with E-state index in [0.29, 0.717) is 0 Å². The van der Waals surface area contributed by atoms with Crippen LogP contribution < -0.4 is 4.74 Å². The Labute approximate surface area is 139 Å². The van der Waals surface area contributed by atoms with E-state index in [1.165, 1.54) is 0 Å². The highest BCUT2D eigenvalue weighted by Crippen LogP contribution is 2.39. The Hall–Kier alpha value is -1.30. The minimum Gasteiger partial charge on any atom is -0.496 e. The molecule has 0 unspecified atom stereocenters. The van der Waals surface area contributed by atoms with Gasteiger partial charge in [0.05, 0.1) is 24.9 Å². The fourth-order valence-corrected chi connectivity index (χ4v) is 2.57. The second kappa shape index (κ2) is 6.31. The number of rotatable bonds is 4. The molecule has 1 aliphatic heterocycles. The molecule has 1 fully saturated rings. The van der Waals surface area contributed by atoms with Crippen molar-refractivity contribution in [1.82, 2.24) is 0 Å². The molecule has 0 radical (unpaired) electrons. The highest BCUT2D eigenvalue weighted by Gasteiger charge is 2.52. The van der Waals surface area contributed by atoms with Crippen LogP contribution in [0.15, 0.2) is 17.6 Å². The zero-order valence-electron chi connectivity index (χ0n) is 15.2. The zero-order chi connectivity index (χ0) is 17.4. The van der Waals surface area contributed by atoms with Crippen molar-refractivity contribution in [3.8, 4) is 5.75 Å². The molecule has 0 aromatic heterocycles. The molecule has 0 atom stereocenters. The van der Waals surface area contributed by atoms with E-state index in [2.05, 4.69) is 6.07 Å². The van der Waals surface area contributed by atoms with Crippen molar-refractivity contribution in [3.63, 3.8) is 0 Å². The highest BCUT2D eigenvalue weighted by molar-refractivity contribution is 6.55. The molecule has 126 valence electrons. The predicted molar refractivity (Wildman–Crippen MR) is 93.6 cm³/mol. The second-order valence-corrected chi connectivity index (χ2v) is 7.14. The van der Waals surface area contributed by atoms with Crippen LogP contribution in [0.25, 0.3) is 6.08 Å². The van der Waals surface area contributed by atoms with Gasteiger partial charge in [0.15, 0.2) is 0 Å². The van der Waals surface area contributed by atoms with Crippen LogP contribution in [0.3, 0.4) is 0 Å². The lowest BCUT2D eigenvalue weighted by Gasteiger charge is -2.32. The monoisotopic (exact) mass is 318 g/mol. The van der Waals surface area contributed by atoms with Crippen molar-refractivity contribution < 1.29 is 19.2 Å². The Morgan fingerprint density at radius 2 is 1.70 bits per heavy atom. The van der Waals surface area contributed by atoms with Gasteiger partial charge in [-0.25, -0.2) is 0 Å². The van der Waals surface area contributed by atoms with Crippen LogP contribution in [0.4, 0.5) is 0 Å². The van der Waals surface area contributed by atoms with Gasteiger partial charge in [0.2, 0.25) is 0 Å². The van der Waals surface area contributed by atoms with Crippen molar-refractivity contribution in [3.05, 3.63) is 34.3 Å². The molecule has 0 aliphatic carbocycles. The van der Waals surface area contributed by atoms with E-state index in [0.717, 1.165) is 27.9 Å². The molecule has 1 heterocycles. The van der Waals surface area contributed by atoms with E-state index in [4.69, 9.17) is 14.0 Å². The standard InChI is InChI=1S/C18H27BO4/c1-12-9-16(21-7)13(2)8-14(12)10-15(11-20)19-22-17(3,4)18(5,6)23-19/h8-10,20H,11H2,1-7H3. The fourth-order valence-electron chi connectivity index (χ4n) is 2.57. The number of aryl methyl sites for hydroxylation is 2. The summed E-state index contributed by atoms with van der Waals surface area (Å²) in [6, 6.07) is 4.05. The molecule has 2 rings (SSSR count). The Kier molecular flexibility index (Phi) is 4.95. The number of methoxy groups -OCH3 is 1. The fraction of sp³-hybridized carbons (Fsp3) is 0.556. The third-order valence-electron chi connectivity index (χ3n) is 4.86. The normalized spacial score (nSPS) is 20.0. The van der Waals surface area contributed by atoms with E-state index in [-0.39, 0.29) is 6.61 Å². The quantitative estimate of drug-likeness (QED) is 0.865. The molecule has 5 heteroatoms. The molecule has 4 nitrogen and oxygen atoms in total. The Morgan fingerprint density at radius 3 is 2.17 bits per heavy atom. The summed E-state index contributed by atoms with van der Waals surface area (Å²) in [6.07, 6.45) is 1.95. The van der Waals surface area contributed by atoms with Crippen molar-refractivity contribution in [2.24, 2.45) is 0 Å². The number of aliphatic hydroxyl groups is 1. The van der Waals surface area contributed by atoms with Crippen molar-refractivity contribution in [2.75, 3.05) is 13.7 Å². The first-order chi connectivity index (χ1) is 10.6. The van der Waals surface area contributed by atoms with Gasteiger partial charge < -0.3 is 19.2 Å². The number of ether oxygens (including phenoxy) is 1. The van der Waals surface area contributed by atoms with Gasteiger partial charge in [-0.3, -0.25) is 0 Å². The van der Waals surface area contributed by atoms with Crippen LogP contribution in [0.1, 0.15) is 44.4 Å². The number of hydrogen-bond acceptors (Lipinski definition) is 4. The van der Waals surface area contributed by atoms with Gasteiger partial charge >= 0.3 is 7.12 Å². The van der Waals surface area contributed by atoms with Crippen LogP contribution in [-0.4, -0.2) is 37.1 Å². The molecule has 1 N–H and O–H groups in total. The minimum absolute atomic E-state index is 0.110. The summed E-state index contributed by atoms with van der Waals surface area (Å²) in [7, 11) is 1.13. The van der Waals surface area contributed by atoms with Crippen LogP contribution in [-0.2, 0) is 9.31 Å². The van der Waals surface area contributed by atoms with Crippen LogP contribution >= 0.6 is 0 Å². The molecule has 0 spiro atoms. The number of aliphatic hydroxyl groups excluding tert-OH is 1. The largest absolute Gasteiger partial charge is 0.496 e. The lowest BCUT2D eigenvalue weighted by molar-refractivity contribution is 0.00578. The smallest absolute Gasteiger partial charge is 0.492 e. The first kappa shape index (κ1) is 18.0. The molecule has 1 aromatic rings. The van der Waals surface area contributed by atoms with Crippen molar-refractivity contribution in [1.29, 1.82) is 0 Å². The maximum atomic E-state index is 9.80. The molecule has 23 heavy (non-hydrogen) atoms. The Bertz CT molecular complexity index is 604. The summed E-state index contributed by atoms with van der Waals surface area (Å²) in [5.41, 5.74) is 3.04. The first-order valence-corrected chi connectivity index (χ1v) is 7.93. The Balaban J connectivity index is 2.36.